The average Bonchev–Trinajstić information content (AvgIpc) is 3.04. The van der Waals surface area contributed by atoms with Crippen molar-refractivity contribution in [2.45, 2.75) is 32.2 Å². The Labute approximate surface area is 113 Å². The van der Waals surface area contributed by atoms with Gasteiger partial charge in [0.25, 0.3) is 0 Å². The third-order valence-corrected chi connectivity index (χ3v) is 4.28. The highest BCUT2D eigenvalue weighted by atomic mass is 15.4. The molecular formula is C14H21N5. The van der Waals surface area contributed by atoms with Crippen molar-refractivity contribution < 1.29 is 0 Å². The first-order valence-corrected chi connectivity index (χ1v) is 6.95. The third kappa shape index (κ3) is 2.08. The smallest absolute Gasteiger partial charge is 0.245 e. The van der Waals surface area contributed by atoms with Gasteiger partial charge in [0, 0.05) is 19.3 Å². The quantitative estimate of drug-likeness (QED) is 0.909. The van der Waals surface area contributed by atoms with E-state index >= 15 is 0 Å². The number of nitrogens with two attached hydrogens (primary N) is 1. The second kappa shape index (κ2) is 4.81. The molecule has 2 aromatic rings. The summed E-state index contributed by atoms with van der Waals surface area (Å²) < 4.78 is 1.85. The highest BCUT2D eigenvalue weighted by molar-refractivity contribution is 5.50. The molecule has 0 amide bonds. The maximum atomic E-state index is 5.87. The van der Waals surface area contributed by atoms with Gasteiger partial charge in [0.05, 0.1) is 0 Å². The molecule has 0 aromatic carbocycles. The molecule has 3 rings (SSSR count). The zero-order valence-electron chi connectivity index (χ0n) is 11.6. The summed E-state index contributed by atoms with van der Waals surface area (Å²) in [7, 11) is 2.09. The number of hydrogen-bond donors (Lipinski definition) is 1. The monoisotopic (exact) mass is 259 g/mol. The maximum Gasteiger partial charge on any atom is 0.245 e. The second-order valence-corrected chi connectivity index (χ2v) is 5.48. The molecule has 0 saturated heterocycles. The Morgan fingerprint density at radius 3 is 3.05 bits per heavy atom. The van der Waals surface area contributed by atoms with E-state index in [1.54, 1.807) is 0 Å². The van der Waals surface area contributed by atoms with Gasteiger partial charge < -0.3 is 10.6 Å². The van der Waals surface area contributed by atoms with E-state index < -0.39 is 0 Å². The molecule has 0 aliphatic heterocycles. The molecule has 2 atom stereocenters. The van der Waals surface area contributed by atoms with Crippen molar-refractivity contribution in [1.29, 1.82) is 0 Å². The number of pyridine rings is 1. The van der Waals surface area contributed by atoms with E-state index in [0.29, 0.717) is 12.0 Å². The largest absolute Gasteiger partial charge is 0.339 e. The van der Waals surface area contributed by atoms with Crippen molar-refractivity contribution in [3.63, 3.8) is 0 Å². The minimum Gasteiger partial charge on any atom is -0.339 e. The van der Waals surface area contributed by atoms with Crippen LogP contribution in [0.3, 0.4) is 0 Å². The van der Waals surface area contributed by atoms with Gasteiger partial charge in [-0.3, -0.25) is 0 Å². The highest BCUT2D eigenvalue weighted by Gasteiger charge is 2.31. The number of nitrogens with zero attached hydrogens (tertiary/aromatic N) is 4. The van der Waals surface area contributed by atoms with Crippen LogP contribution in [-0.2, 0) is 0 Å². The average molecular weight is 259 g/mol. The van der Waals surface area contributed by atoms with Crippen molar-refractivity contribution in [3.05, 3.63) is 23.9 Å². The Hall–Kier alpha value is -1.62. The van der Waals surface area contributed by atoms with E-state index in [4.69, 9.17) is 5.73 Å². The Bertz CT molecular complexity index is 576. The highest BCUT2D eigenvalue weighted by Crippen LogP contribution is 2.30. The van der Waals surface area contributed by atoms with Crippen LogP contribution < -0.4 is 10.6 Å². The van der Waals surface area contributed by atoms with Crippen molar-refractivity contribution >= 4 is 11.6 Å². The SMILES string of the molecule is Cc1cccn2nc(N(C)C3CCCC3CN)nc12. The summed E-state index contributed by atoms with van der Waals surface area (Å²) in [5.74, 6) is 1.37. The first-order valence-electron chi connectivity index (χ1n) is 6.95. The molecule has 5 nitrogen and oxygen atoms in total. The van der Waals surface area contributed by atoms with Gasteiger partial charge in [-0.25, -0.2) is 4.52 Å². The van der Waals surface area contributed by atoms with Crippen LogP contribution in [0.1, 0.15) is 24.8 Å². The van der Waals surface area contributed by atoms with Gasteiger partial charge in [0.2, 0.25) is 5.95 Å². The molecule has 1 saturated carbocycles. The van der Waals surface area contributed by atoms with Gasteiger partial charge in [-0.15, -0.1) is 5.10 Å². The zero-order valence-corrected chi connectivity index (χ0v) is 11.6. The van der Waals surface area contributed by atoms with Gasteiger partial charge in [-0.1, -0.05) is 12.5 Å². The topological polar surface area (TPSA) is 59.5 Å². The molecule has 0 radical (unpaired) electrons. The lowest BCUT2D eigenvalue weighted by molar-refractivity contribution is 0.469. The van der Waals surface area contributed by atoms with E-state index in [9.17, 15) is 0 Å². The van der Waals surface area contributed by atoms with Crippen molar-refractivity contribution in [2.75, 3.05) is 18.5 Å². The Morgan fingerprint density at radius 2 is 2.32 bits per heavy atom. The molecule has 2 heterocycles. The number of hydrogen-bond acceptors (Lipinski definition) is 4. The van der Waals surface area contributed by atoms with Crippen LogP contribution in [0.4, 0.5) is 5.95 Å². The molecule has 1 fully saturated rings. The van der Waals surface area contributed by atoms with Crippen LogP contribution in [0.5, 0.6) is 0 Å². The van der Waals surface area contributed by atoms with E-state index in [1.807, 2.05) is 16.8 Å². The first-order chi connectivity index (χ1) is 9.20. The van der Waals surface area contributed by atoms with Crippen LogP contribution in [-0.4, -0.2) is 34.2 Å². The van der Waals surface area contributed by atoms with Gasteiger partial charge in [0.1, 0.15) is 0 Å². The van der Waals surface area contributed by atoms with Crippen LogP contribution in [0.25, 0.3) is 5.65 Å². The molecule has 5 heteroatoms. The Balaban J connectivity index is 1.93. The third-order valence-electron chi connectivity index (χ3n) is 4.28. The van der Waals surface area contributed by atoms with Gasteiger partial charge >= 0.3 is 0 Å². The van der Waals surface area contributed by atoms with Crippen molar-refractivity contribution in [2.24, 2.45) is 11.7 Å². The maximum absolute atomic E-state index is 5.87. The van der Waals surface area contributed by atoms with Gasteiger partial charge in [-0.05, 0) is 43.9 Å². The first kappa shape index (κ1) is 12.4. The Kier molecular flexibility index (Phi) is 3.14. The van der Waals surface area contributed by atoms with Crippen molar-refractivity contribution in [1.82, 2.24) is 14.6 Å². The van der Waals surface area contributed by atoms with Crippen LogP contribution in [0.15, 0.2) is 18.3 Å². The number of anilines is 1. The summed E-state index contributed by atoms with van der Waals surface area (Å²) in [6, 6.07) is 4.54. The number of aryl methyl sites for hydroxylation is 1. The summed E-state index contributed by atoms with van der Waals surface area (Å²) in [6.07, 6.45) is 5.61. The standard InChI is InChI=1S/C14H21N5/c1-10-5-4-8-19-13(10)16-14(17-19)18(2)12-7-3-6-11(12)9-15/h4-5,8,11-12H,3,6-7,9,15H2,1-2H3. The summed E-state index contributed by atoms with van der Waals surface area (Å²) in [6.45, 7) is 2.81. The fourth-order valence-electron chi connectivity index (χ4n) is 3.13. The van der Waals surface area contributed by atoms with Gasteiger partial charge in [0.15, 0.2) is 5.65 Å². The minimum atomic E-state index is 0.475. The van der Waals surface area contributed by atoms with E-state index in [2.05, 4.69) is 35.0 Å². The fraction of sp³-hybridized carbons (Fsp3) is 0.571. The number of fused-ring (bicyclic) bond motifs is 1. The molecular weight excluding hydrogens is 238 g/mol. The van der Waals surface area contributed by atoms with E-state index in [0.717, 1.165) is 23.7 Å². The van der Waals surface area contributed by atoms with E-state index in [1.165, 1.54) is 19.3 Å². The molecule has 2 unspecified atom stereocenters. The number of aromatic nitrogens is 3. The summed E-state index contributed by atoms with van der Waals surface area (Å²) in [5, 5.41) is 4.58. The Morgan fingerprint density at radius 1 is 1.47 bits per heavy atom. The van der Waals surface area contributed by atoms with Crippen LogP contribution in [0, 0.1) is 12.8 Å². The summed E-state index contributed by atoms with van der Waals surface area (Å²) >= 11 is 0. The molecule has 2 N–H and O–H groups in total. The summed E-state index contributed by atoms with van der Waals surface area (Å²) in [5.41, 5.74) is 7.95. The van der Waals surface area contributed by atoms with Crippen LogP contribution in [0.2, 0.25) is 0 Å². The second-order valence-electron chi connectivity index (χ2n) is 5.48. The number of rotatable bonds is 3. The lowest BCUT2D eigenvalue weighted by Crippen LogP contribution is -2.38. The lowest BCUT2D eigenvalue weighted by Gasteiger charge is -2.27. The predicted octanol–water partition coefficient (Wildman–Crippen LogP) is 1.60. The molecule has 0 bridgehead atoms. The van der Waals surface area contributed by atoms with Gasteiger partial charge in [-0.2, -0.15) is 4.98 Å². The molecule has 0 spiro atoms. The molecule has 102 valence electrons. The predicted molar refractivity (Wildman–Crippen MR) is 76.3 cm³/mol. The normalized spacial score (nSPS) is 23.1. The van der Waals surface area contributed by atoms with E-state index in [-0.39, 0.29) is 0 Å². The zero-order chi connectivity index (χ0) is 13.4. The lowest BCUT2D eigenvalue weighted by atomic mass is 10.0. The van der Waals surface area contributed by atoms with Crippen LogP contribution >= 0.6 is 0 Å². The van der Waals surface area contributed by atoms with Crippen molar-refractivity contribution in [3.8, 4) is 0 Å². The summed E-state index contributed by atoms with van der Waals surface area (Å²) in [4.78, 5) is 6.87. The molecule has 19 heavy (non-hydrogen) atoms. The minimum absolute atomic E-state index is 0.475. The molecule has 1 aliphatic rings. The molecule has 1 aliphatic carbocycles. The molecule has 2 aromatic heterocycles. The fourth-order valence-corrected chi connectivity index (χ4v) is 3.13.